The lowest BCUT2D eigenvalue weighted by molar-refractivity contribution is -0.143. The lowest BCUT2D eigenvalue weighted by Crippen LogP contribution is -2.35. The number of hydrogen-bond donors (Lipinski definition) is 0. The molecule has 0 radical (unpaired) electrons. The summed E-state index contributed by atoms with van der Waals surface area (Å²) in [4.78, 5) is 28.5. The Morgan fingerprint density at radius 3 is 2.08 bits per heavy atom. The molecular formula is C27H30F6N2O3. The monoisotopic (exact) mass is 544 g/mol. The molecule has 1 aliphatic heterocycles. The van der Waals surface area contributed by atoms with Crippen molar-refractivity contribution >= 4 is 17.7 Å². The van der Waals surface area contributed by atoms with Crippen molar-refractivity contribution in [3.8, 4) is 0 Å². The van der Waals surface area contributed by atoms with Crippen molar-refractivity contribution in [2.45, 2.75) is 78.5 Å². The van der Waals surface area contributed by atoms with Gasteiger partial charge in [0.05, 0.1) is 29.0 Å². The third-order valence-corrected chi connectivity index (χ3v) is 6.30. The second-order valence-corrected chi connectivity index (χ2v) is 9.82. The number of ether oxygens (including phenoxy) is 1. The molecule has 0 N–H and O–H groups in total. The standard InChI is InChI=1S/C27H30F6N2O3/c1-15(2)38-25(37)34-8-6-7-23(22-10-16(3)9-17(4)24(22)34)35(18(5)36)14-19-11-20(26(28,29)30)13-21(12-19)27(31,32)33/h9-13,15,23H,6-8,14H2,1-5H3. The fourth-order valence-electron chi connectivity index (χ4n) is 4.85. The summed E-state index contributed by atoms with van der Waals surface area (Å²) < 4.78 is 86.0. The van der Waals surface area contributed by atoms with E-state index >= 15 is 0 Å². The van der Waals surface area contributed by atoms with Crippen molar-refractivity contribution in [2.24, 2.45) is 0 Å². The molecule has 38 heavy (non-hydrogen) atoms. The zero-order valence-corrected chi connectivity index (χ0v) is 21.8. The van der Waals surface area contributed by atoms with E-state index in [2.05, 4.69) is 0 Å². The molecule has 0 bridgehead atoms. The van der Waals surface area contributed by atoms with Crippen LogP contribution < -0.4 is 4.90 Å². The molecule has 1 unspecified atom stereocenters. The molecule has 2 aromatic rings. The van der Waals surface area contributed by atoms with Crippen molar-refractivity contribution in [2.75, 3.05) is 11.4 Å². The number of nitrogens with zero attached hydrogens (tertiary/aromatic N) is 2. The smallest absolute Gasteiger partial charge is 0.416 e. The molecule has 11 heteroatoms. The van der Waals surface area contributed by atoms with Crippen LogP contribution in [0.5, 0.6) is 0 Å². The highest BCUT2D eigenvalue weighted by atomic mass is 19.4. The van der Waals surface area contributed by atoms with Crippen LogP contribution in [0.15, 0.2) is 30.3 Å². The van der Waals surface area contributed by atoms with Gasteiger partial charge in [0.2, 0.25) is 5.91 Å². The first-order valence-corrected chi connectivity index (χ1v) is 12.1. The van der Waals surface area contributed by atoms with Crippen LogP contribution in [-0.2, 0) is 28.4 Å². The summed E-state index contributed by atoms with van der Waals surface area (Å²) in [6.45, 7) is 8.06. The van der Waals surface area contributed by atoms with Gasteiger partial charge in [-0.3, -0.25) is 9.69 Å². The average molecular weight is 545 g/mol. The Morgan fingerprint density at radius 1 is 1.00 bits per heavy atom. The number of alkyl halides is 6. The van der Waals surface area contributed by atoms with E-state index in [1.807, 2.05) is 13.0 Å². The molecule has 3 rings (SSSR count). The fraction of sp³-hybridized carbons (Fsp3) is 0.481. The van der Waals surface area contributed by atoms with Crippen LogP contribution >= 0.6 is 0 Å². The lowest BCUT2D eigenvalue weighted by Gasteiger charge is -2.33. The van der Waals surface area contributed by atoms with Crippen molar-refractivity contribution in [3.63, 3.8) is 0 Å². The molecule has 208 valence electrons. The Labute approximate surface area is 217 Å². The summed E-state index contributed by atoms with van der Waals surface area (Å²) in [6.07, 6.45) is -10.2. The van der Waals surface area contributed by atoms with Crippen molar-refractivity contribution < 1.29 is 40.7 Å². The molecule has 2 amide bonds. The molecule has 0 aromatic heterocycles. The number of rotatable bonds is 4. The third-order valence-electron chi connectivity index (χ3n) is 6.30. The predicted molar refractivity (Wildman–Crippen MR) is 130 cm³/mol. The van der Waals surface area contributed by atoms with Gasteiger partial charge in [-0.05, 0) is 75.4 Å². The van der Waals surface area contributed by atoms with Crippen LogP contribution in [0.25, 0.3) is 0 Å². The average Bonchev–Trinajstić information content (AvgIpc) is 2.95. The number of anilines is 1. The highest BCUT2D eigenvalue weighted by Crippen LogP contribution is 2.42. The Balaban J connectivity index is 2.13. The summed E-state index contributed by atoms with van der Waals surface area (Å²) in [5, 5.41) is 0. The summed E-state index contributed by atoms with van der Waals surface area (Å²) in [7, 11) is 0. The van der Waals surface area contributed by atoms with Crippen LogP contribution in [0.2, 0.25) is 0 Å². The van der Waals surface area contributed by atoms with Crippen LogP contribution in [0, 0.1) is 13.8 Å². The number of amides is 2. The van der Waals surface area contributed by atoms with Gasteiger partial charge in [0.1, 0.15) is 0 Å². The van der Waals surface area contributed by atoms with E-state index in [9.17, 15) is 35.9 Å². The molecule has 0 fully saturated rings. The van der Waals surface area contributed by atoms with Crippen molar-refractivity contribution in [1.82, 2.24) is 4.90 Å². The quantitative estimate of drug-likeness (QED) is 0.373. The van der Waals surface area contributed by atoms with Gasteiger partial charge in [-0.15, -0.1) is 0 Å². The van der Waals surface area contributed by atoms with Gasteiger partial charge < -0.3 is 9.64 Å². The van der Waals surface area contributed by atoms with Crippen LogP contribution in [0.4, 0.5) is 36.8 Å². The normalized spacial score (nSPS) is 16.2. The lowest BCUT2D eigenvalue weighted by atomic mass is 9.94. The first kappa shape index (κ1) is 29.3. The molecule has 0 spiro atoms. The third kappa shape index (κ3) is 6.60. The predicted octanol–water partition coefficient (Wildman–Crippen LogP) is 7.58. The second kappa shape index (κ2) is 10.9. The SMILES string of the molecule is CC(=O)N(Cc1cc(C(F)(F)F)cc(C(F)(F)F)c1)C1CCCN(C(=O)OC(C)C)c2c(C)cc(C)cc21. The Bertz CT molecular complexity index is 1170. The fourth-order valence-corrected chi connectivity index (χ4v) is 4.85. The van der Waals surface area contributed by atoms with E-state index in [0.29, 0.717) is 36.2 Å². The van der Waals surface area contributed by atoms with E-state index in [1.54, 1.807) is 26.8 Å². The number of hydrogen-bond acceptors (Lipinski definition) is 3. The minimum Gasteiger partial charge on any atom is -0.446 e. The molecular weight excluding hydrogens is 514 g/mol. The van der Waals surface area contributed by atoms with E-state index in [-0.39, 0.29) is 24.3 Å². The van der Waals surface area contributed by atoms with E-state index < -0.39 is 48.1 Å². The van der Waals surface area contributed by atoms with Crippen molar-refractivity contribution in [3.05, 3.63) is 63.7 Å². The number of fused-ring (bicyclic) bond motifs is 1. The van der Waals surface area contributed by atoms with E-state index in [1.165, 1.54) is 16.7 Å². The summed E-state index contributed by atoms with van der Waals surface area (Å²) >= 11 is 0. The number of carbonyl (C=O) groups excluding carboxylic acids is 2. The van der Waals surface area contributed by atoms with Gasteiger partial charge in [0.15, 0.2) is 0 Å². The van der Waals surface area contributed by atoms with Gasteiger partial charge in [-0.1, -0.05) is 17.7 Å². The van der Waals surface area contributed by atoms with Crippen LogP contribution in [0.1, 0.15) is 73.0 Å². The topological polar surface area (TPSA) is 49.9 Å². The van der Waals surface area contributed by atoms with E-state index in [0.717, 1.165) is 11.1 Å². The van der Waals surface area contributed by atoms with Gasteiger partial charge in [0, 0.05) is 20.0 Å². The zero-order valence-electron chi connectivity index (χ0n) is 21.8. The molecule has 1 atom stereocenters. The highest BCUT2D eigenvalue weighted by molar-refractivity contribution is 5.90. The summed E-state index contributed by atoms with van der Waals surface area (Å²) in [5.41, 5.74) is -0.521. The largest absolute Gasteiger partial charge is 0.446 e. The number of aryl methyl sites for hydroxylation is 2. The van der Waals surface area contributed by atoms with Gasteiger partial charge >= 0.3 is 18.4 Å². The van der Waals surface area contributed by atoms with E-state index in [4.69, 9.17) is 4.74 Å². The Morgan fingerprint density at radius 2 is 1.58 bits per heavy atom. The molecule has 1 heterocycles. The second-order valence-electron chi connectivity index (χ2n) is 9.82. The Kier molecular flexibility index (Phi) is 8.38. The van der Waals surface area contributed by atoms with Crippen LogP contribution in [-0.4, -0.2) is 29.5 Å². The first-order valence-electron chi connectivity index (χ1n) is 12.1. The molecule has 0 saturated heterocycles. The maximum Gasteiger partial charge on any atom is 0.416 e. The number of benzene rings is 2. The van der Waals surface area contributed by atoms with Gasteiger partial charge in [0.25, 0.3) is 0 Å². The summed E-state index contributed by atoms with van der Waals surface area (Å²) in [6, 6.07) is 4.29. The minimum atomic E-state index is -5.00. The summed E-state index contributed by atoms with van der Waals surface area (Å²) in [5.74, 6) is -0.524. The minimum absolute atomic E-state index is 0.0630. The van der Waals surface area contributed by atoms with Crippen molar-refractivity contribution in [1.29, 1.82) is 0 Å². The van der Waals surface area contributed by atoms with Gasteiger partial charge in [-0.25, -0.2) is 4.79 Å². The number of halogens is 6. The highest BCUT2D eigenvalue weighted by Gasteiger charge is 2.38. The first-order chi connectivity index (χ1) is 17.5. The van der Waals surface area contributed by atoms with Gasteiger partial charge in [-0.2, -0.15) is 26.3 Å². The zero-order chi connectivity index (χ0) is 28.6. The number of carbonyl (C=O) groups is 2. The maximum absolute atomic E-state index is 13.4. The maximum atomic E-state index is 13.4. The molecule has 1 aliphatic rings. The molecule has 0 saturated carbocycles. The molecule has 2 aromatic carbocycles. The van der Waals surface area contributed by atoms with Crippen LogP contribution in [0.3, 0.4) is 0 Å². The molecule has 0 aliphatic carbocycles. The molecule has 5 nitrogen and oxygen atoms in total. The Hall–Kier alpha value is -3.24.